The van der Waals surface area contributed by atoms with Crippen molar-refractivity contribution in [2.45, 2.75) is 25.3 Å². The number of amides is 1. The largest absolute Gasteiger partial charge is 0.354 e. The van der Waals surface area contributed by atoms with Gasteiger partial charge in [0.05, 0.1) is 23.5 Å². The predicted molar refractivity (Wildman–Crippen MR) is 112 cm³/mol. The van der Waals surface area contributed by atoms with E-state index < -0.39 is 0 Å². The van der Waals surface area contributed by atoms with Crippen LogP contribution in [0.5, 0.6) is 0 Å². The van der Waals surface area contributed by atoms with Crippen LogP contribution in [0.2, 0.25) is 0 Å². The van der Waals surface area contributed by atoms with Crippen LogP contribution in [0, 0.1) is 0 Å². The highest BCUT2D eigenvalue weighted by Crippen LogP contribution is 2.32. The molecule has 3 aromatic rings. The first kappa shape index (κ1) is 17.6. The highest BCUT2D eigenvalue weighted by molar-refractivity contribution is 5.91. The Kier molecular flexibility index (Phi) is 4.57. The van der Waals surface area contributed by atoms with Crippen LogP contribution >= 0.6 is 0 Å². The number of hydrogen-bond donors (Lipinski definition) is 3. The average molecular weight is 387 g/mol. The van der Waals surface area contributed by atoms with Crippen LogP contribution in [-0.2, 0) is 4.79 Å². The minimum atomic E-state index is 0.331. The third-order valence-electron chi connectivity index (χ3n) is 5.43. The van der Waals surface area contributed by atoms with Gasteiger partial charge in [0.1, 0.15) is 5.82 Å². The molecule has 0 saturated carbocycles. The minimum absolute atomic E-state index is 0.331. The lowest BCUT2D eigenvalue weighted by atomic mass is 9.99. The summed E-state index contributed by atoms with van der Waals surface area (Å²) in [4.78, 5) is 18.8. The monoisotopic (exact) mass is 387 g/mol. The fraction of sp³-hybridized carbons (Fsp3) is 0.227. The van der Waals surface area contributed by atoms with Crippen LogP contribution in [0.1, 0.15) is 48.0 Å². The molecular weight excluding hydrogens is 366 g/mol. The zero-order valence-corrected chi connectivity index (χ0v) is 15.8. The molecule has 3 heterocycles. The predicted octanol–water partition coefficient (Wildman–Crippen LogP) is 4.02. The number of carbonyl (C=O) groups is 1. The molecule has 0 spiro atoms. The molecule has 3 N–H and O–H groups in total. The van der Waals surface area contributed by atoms with Gasteiger partial charge in [-0.05, 0) is 54.7 Å². The highest BCUT2D eigenvalue weighted by atomic mass is 16.5. The van der Waals surface area contributed by atoms with Gasteiger partial charge in [0.15, 0.2) is 11.6 Å². The van der Waals surface area contributed by atoms with Crippen LogP contribution in [0.25, 0.3) is 29.0 Å². The summed E-state index contributed by atoms with van der Waals surface area (Å²) in [5.41, 5.74) is 5.15. The van der Waals surface area contributed by atoms with E-state index in [4.69, 9.17) is 4.52 Å². The first-order valence-electron chi connectivity index (χ1n) is 9.78. The summed E-state index contributed by atoms with van der Waals surface area (Å²) in [7, 11) is 0. The Morgan fingerprint density at radius 2 is 2.07 bits per heavy atom. The third kappa shape index (κ3) is 3.40. The number of fused-ring (bicyclic) bond motifs is 1. The number of aromatic amines is 1. The van der Waals surface area contributed by atoms with Gasteiger partial charge < -0.3 is 20.1 Å². The van der Waals surface area contributed by atoms with E-state index in [0.29, 0.717) is 24.0 Å². The first-order valence-corrected chi connectivity index (χ1v) is 9.78. The van der Waals surface area contributed by atoms with Gasteiger partial charge in [0.2, 0.25) is 6.41 Å². The maximum absolute atomic E-state index is 10.8. The van der Waals surface area contributed by atoms with E-state index in [1.807, 2.05) is 24.4 Å². The van der Waals surface area contributed by atoms with E-state index in [1.54, 1.807) is 0 Å². The topological polar surface area (TPSA) is 95.8 Å². The molecule has 1 aliphatic heterocycles. The Morgan fingerprint density at radius 1 is 1.21 bits per heavy atom. The second-order valence-corrected chi connectivity index (χ2v) is 7.26. The van der Waals surface area contributed by atoms with Crippen molar-refractivity contribution < 1.29 is 9.32 Å². The Hall–Kier alpha value is -3.45. The number of imidazole rings is 1. The molecule has 1 amide bonds. The molecule has 7 nitrogen and oxygen atoms in total. The fourth-order valence-corrected chi connectivity index (χ4v) is 3.90. The average Bonchev–Trinajstić information content (AvgIpc) is 3.48. The number of anilines is 1. The van der Waals surface area contributed by atoms with E-state index >= 15 is 0 Å². The summed E-state index contributed by atoms with van der Waals surface area (Å²) in [6.07, 6.45) is 11.5. The van der Waals surface area contributed by atoms with Crippen molar-refractivity contribution >= 4 is 30.0 Å². The van der Waals surface area contributed by atoms with Crippen LogP contribution in [-0.4, -0.2) is 28.1 Å². The molecule has 1 aliphatic carbocycles. The van der Waals surface area contributed by atoms with Crippen LogP contribution < -0.4 is 10.6 Å². The number of hydrogen-bond acceptors (Lipinski definition) is 5. The van der Waals surface area contributed by atoms with E-state index in [1.165, 1.54) is 6.42 Å². The molecule has 1 saturated heterocycles. The van der Waals surface area contributed by atoms with E-state index in [9.17, 15) is 4.79 Å². The molecule has 7 heteroatoms. The lowest BCUT2D eigenvalue weighted by molar-refractivity contribution is -0.105. The Labute approximate surface area is 167 Å². The second kappa shape index (κ2) is 7.52. The number of nitrogens with one attached hydrogen (secondary N) is 3. The van der Waals surface area contributed by atoms with Gasteiger partial charge in [-0.2, -0.15) is 0 Å². The smallest absolute Gasteiger partial charge is 0.212 e. The molecule has 1 atom stereocenters. The molecule has 2 aliphatic rings. The summed E-state index contributed by atoms with van der Waals surface area (Å²) >= 11 is 0. The Morgan fingerprint density at radius 3 is 2.86 bits per heavy atom. The van der Waals surface area contributed by atoms with Crippen molar-refractivity contribution in [2.24, 2.45) is 0 Å². The number of H-pyrrole nitrogens is 1. The van der Waals surface area contributed by atoms with Crippen molar-refractivity contribution in [3.05, 3.63) is 59.2 Å². The summed E-state index contributed by atoms with van der Waals surface area (Å²) < 4.78 is 5.31. The Bertz CT molecular complexity index is 1080. The number of aromatic nitrogens is 3. The van der Waals surface area contributed by atoms with Crippen molar-refractivity contribution in [1.29, 1.82) is 0 Å². The van der Waals surface area contributed by atoms with Crippen molar-refractivity contribution in [2.75, 3.05) is 11.9 Å². The van der Waals surface area contributed by atoms with Crippen LogP contribution in [0.4, 0.5) is 5.82 Å². The quantitative estimate of drug-likeness (QED) is 0.575. The van der Waals surface area contributed by atoms with Crippen molar-refractivity contribution in [3.8, 4) is 11.3 Å². The van der Waals surface area contributed by atoms with Crippen molar-refractivity contribution in [3.63, 3.8) is 0 Å². The van der Waals surface area contributed by atoms with Gasteiger partial charge in [-0.15, -0.1) is 0 Å². The number of nitrogens with zero attached hydrogens (tertiary/aromatic N) is 2. The van der Waals surface area contributed by atoms with E-state index in [-0.39, 0.29) is 0 Å². The number of benzene rings is 1. The summed E-state index contributed by atoms with van der Waals surface area (Å²) in [5, 5.41) is 9.98. The van der Waals surface area contributed by atoms with E-state index in [0.717, 1.165) is 53.2 Å². The lowest BCUT2D eigenvalue weighted by Crippen LogP contribution is -2.14. The van der Waals surface area contributed by atoms with Gasteiger partial charge in [0, 0.05) is 0 Å². The zero-order valence-electron chi connectivity index (χ0n) is 15.8. The molecule has 29 heavy (non-hydrogen) atoms. The summed E-state index contributed by atoms with van der Waals surface area (Å²) in [6, 6.07) is 8.74. The fourth-order valence-electron chi connectivity index (χ4n) is 3.90. The number of allylic oxidation sites excluding steroid dienone is 2. The van der Waals surface area contributed by atoms with Gasteiger partial charge in [-0.1, -0.05) is 35.5 Å². The summed E-state index contributed by atoms with van der Waals surface area (Å²) in [5.74, 6) is 2.08. The number of carbonyl (C=O) groups excluding carboxylic acids is 1. The van der Waals surface area contributed by atoms with Gasteiger partial charge in [-0.3, -0.25) is 4.79 Å². The molecule has 2 aromatic heterocycles. The second-order valence-electron chi connectivity index (χ2n) is 7.26. The van der Waals surface area contributed by atoms with Gasteiger partial charge in [0.25, 0.3) is 0 Å². The standard InChI is InChI=1S/C22H21N5O2/c28-13-25-21-17-11-16(3-1-5-20(17)29-27-21)14-6-8-15(9-7-14)19-12-24-22(26-19)18-4-2-10-23-18/h1,5-9,11-13,18,23H,2-4,10H2,(H,24,26)(H,25,27,28)/t18-/m0/s1. The first-order chi connectivity index (χ1) is 14.3. The molecule has 1 fully saturated rings. The normalized spacial score (nSPS) is 18.2. The molecule has 1 aromatic carbocycles. The van der Waals surface area contributed by atoms with Crippen LogP contribution in [0.3, 0.4) is 0 Å². The molecule has 5 rings (SSSR count). The minimum Gasteiger partial charge on any atom is -0.354 e. The van der Waals surface area contributed by atoms with Gasteiger partial charge >= 0.3 is 0 Å². The zero-order chi connectivity index (χ0) is 19.6. The molecule has 0 bridgehead atoms. The Balaban J connectivity index is 1.41. The molecule has 0 unspecified atom stereocenters. The lowest BCUT2D eigenvalue weighted by Gasteiger charge is -2.07. The van der Waals surface area contributed by atoms with Gasteiger partial charge in [-0.25, -0.2) is 4.98 Å². The maximum Gasteiger partial charge on any atom is 0.212 e. The third-order valence-corrected chi connectivity index (χ3v) is 5.43. The molecule has 0 radical (unpaired) electrons. The number of rotatable bonds is 5. The van der Waals surface area contributed by atoms with Crippen LogP contribution in [0.15, 0.2) is 41.1 Å². The molecular formula is C22H21N5O2. The maximum atomic E-state index is 10.8. The summed E-state index contributed by atoms with van der Waals surface area (Å²) in [6.45, 7) is 1.05. The highest BCUT2D eigenvalue weighted by Gasteiger charge is 2.19. The van der Waals surface area contributed by atoms with Crippen molar-refractivity contribution in [1.82, 2.24) is 20.4 Å². The SMILES string of the molecule is O=CNc1noc2c1C=C(c1ccc(-c3cnc([C@@H]4CCCN4)[nH]3)cc1)CC=C2. The van der Waals surface area contributed by atoms with E-state index in [2.05, 4.69) is 50.0 Å². The molecule has 146 valence electrons.